The Bertz CT molecular complexity index is 225. The molecule has 1 rings (SSSR count). The van der Waals surface area contributed by atoms with Crippen molar-refractivity contribution in [2.24, 2.45) is 11.7 Å². The van der Waals surface area contributed by atoms with Crippen LogP contribution >= 0.6 is 24.8 Å². The van der Waals surface area contributed by atoms with Crippen molar-refractivity contribution >= 4 is 30.7 Å². The van der Waals surface area contributed by atoms with Crippen molar-refractivity contribution in [3.05, 3.63) is 12.7 Å². The van der Waals surface area contributed by atoms with E-state index < -0.39 is 0 Å². The van der Waals surface area contributed by atoms with E-state index in [4.69, 9.17) is 5.73 Å². The maximum atomic E-state index is 11.5. The summed E-state index contributed by atoms with van der Waals surface area (Å²) in [5.41, 5.74) is 5.66. The van der Waals surface area contributed by atoms with E-state index in [2.05, 4.69) is 11.9 Å². The molecule has 5 heteroatoms. The molecule has 0 radical (unpaired) electrons. The lowest BCUT2D eigenvalue weighted by atomic mass is 10.0. The van der Waals surface area contributed by atoms with Crippen LogP contribution in [0, 0.1) is 5.92 Å². The molecule has 3 N–H and O–H groups in total. The number of halogens is 2. The monoisotopic (exact) mass is 282 g/mol. The van der Waals surface area contributed by atoms with E-state index in [0.29, 0.717) is 24.9 Å². The van der Waals surface area contributed by atoms with Crippen molar-refractivity contribution in [1.82, 2.24) is 5.32 Å². The predicted octanol–water partition coefficient (Wildman–Crippen LogP) is 2.43. The van der Waals surface area contributed by atoms with Crippen molar-refractivity contribution in [3.8, 4) is 0 Å². The van der Waals surface area contributed by atoms with Crippen molar-refractivity contribution in [2.75, 3.05) is 6.54 Å². The topological polar surface area (TPSA) is 55.1 Å². The molecule has 2 atom stereocenters. The van der Waals surface area contributed by atoms with Gasteiger partial charge in [0.1, 0.15) is 0 Å². The van der Waals surface area contributed by atoms with Crippen molar-refractivity contribution in [2.45, 2.75) is 44.6 Å². The Morgan fingerprint density at radius 2 is 2.12 bits per heavy atom. The van der Waals surface area contributed by atoms with Crippen LogP contribution in [0.5, 0.6) is 0 Å². The quantitative estimate of drug-likeness (QED) is 0.581. The second-order valence-electron chi connectivity index (χ2n) is 4.28. The van der Waals surface area contributed by atoms with Crippen molar-refractivity contribution in [1.29, 1.82) is 0 Å². The normalized spacial score (nSPS) is 22.2. The van der Waals surface area contributed by atoms with Crippen LogP contribution in [0.4, 0.5) is 0 Å². The first-order chi connectivity index (χ1) is 7.27. The largest absolute Gasteiger partial charge is 0.353 e. The number of hydrogen-bond acceptors (Lipinski definition) is 2. The Morgan fingerprint density at radius 3 is 2.71 bits per heavy atom. The van der Waals surface area contributed by atoms with Crippen molar-refractivity contribution < 1.29 is 4.79 Å². The second-order valence-corrected chi connectivity index (χ2v) is 4.28. The van der Waals surface area contributed by atoms with Crippen LogP contribution in [0.3, 0.4) is 0 Å². The van der Waals surface area contributed by atoms with Gasteiger partial charge in [0.25, 0.3) is 0 Å². The van der Waals surface area contributed by atoms with Gasteiger partial charge in [-0.2, -0.15) is 0 Å². The van der Waals surface area contributed by atoms with Gasteiger partial charge >= 0.3 is 0 Å². The fourth-order valence-corrected chi connectivity index (χ4v) is 2.19. The predicted molar refractivity (Wildman–Crippen MR) is 76.9 cm³/mol. The van der Waals surface area contributed by atoms with E-state index in [1.54, 1.807) is 0 Å². The zero-order valence-corrected chi connectivity index (χ0v) is 11.8. The molecule has 0 aromatic heterocycles. The van der Waals surface area contributed by atoms with E-state index in [9.17, 15) is 4.79 Å². The number of hydrogen-bond donors (Lipinski definition) is 2. The highest BCUT2D eigenvalue weighted by Crippen LogP contribution is 2.24. The average Bonchev–Trinajstić information content (AvgIpc) is 2.65. The highest BCUT2D eigenvalue weighted by Gasteiger charge is 2.26. The minimum absolute atomic E-state index is 0. The summed E-state index contributed by atoms with van der Waals surface area (Å²) in [5, 5.41) is 3.09. The van der Waals surface area contributed by atoms with Crippen LogP contribution in [0.1, 0.15) is 38.5 Å². The van der Waals surface area contributed by atoms with Gasteiger partial charge in [-0.3, -0.25) is 4.79 Å². The van der Waals surface area contributed by atoms with E-state index in [0.717, 1.165) is 25.7 Å². The number of nitrogens with one attached hydrogen (secondary N) is 1. The molecule has 0 spiro atoms. The maximum Gasteiger partial charge on any atom is 0.220 e. The first kappa shape index (κ1) is 19.1. The van der Waals surface area contributed by atoms with E-state index in [-0.39, 0.29) is 30.7 Å². The number of carbonyl (C=O) groups excluding carboxylic acids is 1. The number of amides is 1. The SMILES string of the molecule is C=CCCCC(=O)NC1CCCC1CN.Cl.Cl. The Morgan fingerprint density at radius 1 is 1.41 bits per heavy atom. The molecule has 1 fully saturated rings. The molecule has 3 nitrogen and oxygen atoms in total. The van der Waals surface area contributed by atoms with Crippen LogP contribution in [-0.4, -0.2) is 18.5 Å². The zero-order chi connectivity index (χ0) is 11.1. The van der Waals surface area contributed by atoms with Crippen LogP contribution < -0.4 is 11.1 Å². The summed E-state index contributed by atoms with van der Waals surface area (Å²) in [7, 11) is 0. The van der Waals surface area contributed by atoms with Gasteiger partial charge in [0.05, 0.1) is 0 Å². The van der Waals surface area contributed by atoms with Gasteiger partial charge < -0.3 is 11.1 Å². The second kappa shape index (κ2) is 10.9. The average molecular weight is 283 g/mol. The van der Waals surface area contributed by atoms with Gasteiger partial charge in [-0.1, -0.05) is 12.5 Å². The van der Waals surface area contributed by atoms with Crippen LogP contribution in [0.15, 0.2) is 12.7 Å². The summed E-state index contributed by atoms with van der Waals surface area (Å²) in [4.78, 5) is 11.5. The zero-order valence-electron chi connectivity index (χ0n) is 10.2. The number of rotatable bonds is 6. The molecule has 17 heavy (non-hydrogen) atoms. The smallest absolute Gasteiger partial charge is 0.220 e. The van der Waals surface area contributed by atoms with E-state index in [1.165, 1.54) is 6.42 Å². The van der Waals surface area contributed by atoms with E-state index in [1.807, 2.05) is 6.08 Å². The highest BCUT2D eigenvalue weighted by atomic mass is 35.5. The third-order valence-electron chi connectivity index (χ3n) is 3.12. The number of unbranched alkanes of at least 4 members (excludes halogenated alkanes) is 1. The summed E-state index contributed by atoms with van der Waals surface area (Å²) in [5.74, 6) is 0.663. The molecule has 0 bridgehead atoms. The fraction of sp³-hybridized carbons (Fsp3) is 0.750. The lowest BCUT2D eigenvalue weighted by Crippen LogP contribution is -2.39. The number of carbonyl (C=O) groups is 1. The van der Waals surface area contributed by atoms with Crippen LogP contribution in [-0.2, 0) is 4.79 Å². The molecule has 1 amide bonds. The minimum Gasteiger partial charge on any atom is -0.353 e. The lowest BCUT2D eigenvalue weighted by Gasteiger charge is -2.19. The first-order valence-electron chi connectivity index (χ1n) is 5.88. The summed E-state index contributed by atoms with van der Waals surface area (Å²) in [6, 6.07) is 0.325. The Kier molecular flexibility index (Phi) is 12.2. The standard InChI is InChI=1S/C12H22N2O.2ClH/c1-2-3-4-8-12(15)14-11-7-5-6-10(11)9-13;;/h2,10-11H,1,3-9,13H2,(H,14,15);2*1H. The molecule has 0 saturated heterocycles. The van der Waals surface area contributed by atoms with E-state index >= 15 is 0 Å². The van der Waals surface area contributed by atoms with Gasteiger partial charge in [0, 0.05) is 12.5 Å². The fourth-order valence-electron chi connectivity index (χ4n) is 2.19. The van der Waals surface area contributed by atoms with Crippen LogP contribution in [0.25, 0.3) is 0 Å². The minimum atomic E-state index is 0. The van der Waals surface area contributed by atoms with Crippen LogP contribution in [0.2, 0.25) is 0 Å². The molecule has 1 aliphatic carbocycles. The molecule has 0 aromatic rings. The Hall–Kier alpha value is -0.250. The summed E-state index contributed by atoms with van der Waals surface area (Å²) in [6.45, 7) is 4.33. The molecule has 0 heterocycles. The molecule has 102 valence electrons. The molecule has 0 aromatic carbocycles. The molecular formula is C12H24Cl2N2O. The number of nitrogens with two attached hydrogens (primary N) is 1. The third kappa shape index (κ3) is 6.92. The molecule has 2 unspecified atom stereocenters. The number of allylic oxidation sites excluding steroid dienone is 1. The molecule has 1 saturated carbocycles. The van der Waals surface area contributed by atoms with Gasteiger partial charge in [-0.25, -0.2) is 0 Å². The molecule has 0 aliphatic heterocycles. The Labute approximate surface area is 116 Å². The van der Waals surface area contributed by atoms with Gasteiger partial charge in [0.15, 0.2) is 0 Å². The van der Waals surface area contributed by atoms with Gasteiger partial charge in [0.2, 0.25) is 5.91 Å². The van der Waals surface area contributed by atoms with Gasteiger partial charge in [-0.05, 0) is 38.1 Å². The summed E-state index contributed by atoms with van der Waals surface area (Å²) < 4.78 is 0. The van der Waals surface area contributed by atoms with Gasteiger partial charge in [-0.15, -0.1) is 31.4 Å². The first-order valence-corrected chi connectivity index (χ1v) is 5.88. The third-order valence-corrected chi connectivity index (χ3v) is 3.12. The Balaban J connectivity index is 0. The maximum absolute atomic E-state index is 11.5. The summed E-state index contributed by atoms with van der Waals surface area (Å²) >= 11 is 0. The molecular weight excluding hydrogens is 259 g/mol. The van der Waals surface area contributed by atoms with Crippen molar-refractivity contribution in [3.63, 3.8) is 0 Å². The molecule has 1 aliphatic rings. The lowest BCUT2D eigenvalue weighted by molar-refractivity contribution is -0.122. The highest BCUT2D eigenvalue weighted by molar-refractivity contribution is 5.85. The summed E-state index contributed by atoms with van der Waals surface area (Å²) in [6.07, 6.45) is 7.72.